The highest BCUT2D eigenvalue weighted by Gasteiger charge is 2.40. The van der Waals surface area contributed by atoms with E-state index in [-0.39, 0.29) is 0 Å². The monoisotopic (exact) mass is 462 g/mol. The average molecular weight is 463 g/mol. The van der Waals surface area contributed by atoms with E-state index in [4.69, 9.17) is 25.5 Å². The van der Waals surface area contributed by atoms with Crippen molar-refractivity contribution in [1.82, 2.24) is 0 Å². The van der Waals surface area contributed by atoms with Gasteiger partial charge in [-0.1, -0.05) is 97.3 Å². The van der Waals surface area contributed by atoms with E-state index in [0.717, 1.165) is 12.3 Å². The normalized spacial score (nSPS) is 11.2. The number of carbonyl (C=O) groups is 3. The van der Waals surface area contributed by atoms with Crippen LogP contribution >= 0.6 is 0 Å². The van der Waals surface area contributed by atoms with Crippen LogP contribution < -0.4 is 0 Å². The molecular weight excluding hydrogens is 416 g/mol. The highest BCUT2D eigenvalue weighted by molar-refractivity contribution is 5.88. The fraction of sp³-hybridized carbons (Fsp3) is 0.875. The van der Waals surface area contributed by atoms with Crippen LogP contribution in [0.1, 0.15) is 117 Å². The molecular formula is C24H46O8. The molecule has 0 spiro atoms. The summed E-state index contributed by atoms with van der Waals surface area (Å²) in [7, 11) is 0. The zero-order valence-electron chi connectivity index (χ0n) is 20.1. The zero-order valence-corrected chi connectivity index (χ0v) is 20.1. The number of carboxylic acid groups (broad SMARTS) is 3. The van der Waals surface area contributed by atoms with Crippen LogP contribution in [0, 0.1) is 5.92 Å². The van der Waals surface area contributed by atoms with Crippen molar-refractivity contribution in [2.75, 3.05) is 6.61 Å². The molecule has 0 bridgehead atoms. The third-order valence-electron chi connectivity index (χ3n) is 5.23. The van der Waals surface area contributed by atoms with Crippen molar-refractivity contribution in [2.24, 2.45) is 5.92 Å². The first kappa shape index (κ1) is 32.5. The zero-order chi connectivity index (χ0) is 24.8. The van der Waals surface area contributed by atoms with Gasteiger partial charge in [0, 0.05) is 6.61 Å². The molecule has 0 aliphatic carbocycles. The van der Waals surface area contributed by atoms with Crippen LogP contribution in [0.2, 0.25) is 0 Å². The summed E-state index contributed by atoms with van der Waals surface area (Å²) in [6, 6.07) is 0. The number of aliphatic hydroxyl groups excluding tert-OH is 1. The third kappa shape index (κ3) is 23.0. The van der Waals surface area contributed by atoms with Crippen molar-refractivity contribution in [3.05, 3.63) is 0 Å². The Morgan fingerprint density at radius 3 is 1.19 bits per heavy atom. The lowest BCUT2D eigenvalue weighted by molar-refractivity contribution is -0.170. The first-order valence-electron chi connectivity index (χ1n) is 12.1. The van der Waals surface area contributed by atoms with E-state index in [9.17, 15) is 14.4 Å². The van der Waals surface area contributed by atoms with Crippen LogP contribution in [0.5, 0.6) is 0 Å². The predicted octanol–water partition coefficient (Wildman–Crippen LogP) is 4.85. The van der Waals surface area contributed by atoms with Gasteiger partial charge < -0.3 is 25.5 Å². The van der Waals surface area contributed by atoms with Gasteiger partial charge in [-0.05, 0) is 12.3 Å². The molecule has 0 aromatic carbocycles. The Morgan fingerprint density at radius 2 is 0.938 bits per heavy atom. The molecule has 8 nitrogen and oxygen atoms in total. The number of unbranched alkanes of at least 4 members (excludes halogenated alkanes) is 12. The molecule has 0 atom stereocenters. The Morgan fingerprint density at radius 1 is 0.625 bits per heavy atom. The maximum absolute atomic E-state index is 10.3. The van der Waals surface area contributed by atoms with Crippen LogP contribution in [-0.2, 0) is 14.4 Å². The average Bonchev–Trinajstić information content (AvgIpc) is 2.67. The number of rotatable bonds is 20. The fourth-order valence-corrected chi connectivity index (χ4v) is 3.32. The van der Waals surface area contributed by atoms with E-state index in [1.165, 1.54) is 83.5 Å². The van der Waals surface area contributed by atoms with Gasteiger partial charge in [0.1, 0.15) is 0 Å². The Balaban J connectivity index is 0. The van der Waals surface area contributed by atoms with E-state index in [0.29, 0.717) is 6.61 Å². The molecule has 0 unspecified atom stereocenters. The van der Waals surface area contributed by atoms with E-state index in [1.54, 1.807) is 0 Å². The maximum atomic E-state index is 10.3. The number of aliphatic carboxylic acids is 3. The standard InChI is InChI=1S/C18H38O.C6H8O7/c1-18(2)16-14-12-10-8-6-4-3-5-7-9-11-13-15-17-19;7-3(8)1-6(13,5(11)12)2-4(9)10/h18-19H,3-17H2,1-2H3;13H,1-2H2,(H,7,8)(H,9,10)(H,11,12). The summed E-state index contributed by atoms with van der Waals surface area (Å²) in [5.74, 6) is -4.13. The third-order valence-corrected chi connectivity index (χ3v) is 5.23. The summed E-state index contributed by atoms with van der Waals surface area (Å²) in [6.07, 6.45) is 17.0. The summed E-state index contributed by atoms with van der Waals surface area (Å²) >= 11 is 0. The van der Waals surface area contributed by atoms with Crippen LogP contribution in [0.15, 0.2) is 0 Å². The van der Waals surface area contributed by atoms with Crippen molar-refractivity contribution >= 4 is 17.9 Å². The lowest BCUT2D eigenvalue weighted by Gasteiger charge is -2.18. The molecule has 8 heteroatoms. The van der Waals surface area contributed by atoms with Gasteiger partial charge in [0.2, 0.25) is 0 Å². The van der Waals surface area contributed by atoms with Gasteiger partial charge in [-0.3, -0.25) is 9.59 Å². The van der Waals surface area contributed by atoms with Crippen LogP contribution in [-0.4, -0.2) is 55.6 Å². The Kier molecular flexibility index (Phi) is 21.5. The minimum Gasteiger partial charge on any atom is -0.481 e. The molecule has 0 aliphatic heterocycles. The largest absolute Gasteiger partial charge is 0.481 e. The van der Waals surface area contributed by atoms with E-state index >= 15 is 0 Å². The van der Waals surface area contributed by atoms with Crippen molar-refractivity contribution in [3.8, 4) is 0 Å². The van der Waals surface area contributed by atoms with Crippen LogP contribution in [0.3, 0.4) is 0 Å². The summed E-state index contributed by atoms with van der Waals surface area (Å²) in [4.78, 5) is 30.5. The van der Waals surface area contributed by atoms with E-state index < -0.39 is 36.4 Å². The van der Waals surface area contributed by atoms with Crippen molar-refractivity contribution in [2.45, 2.75) is 122 Å². The molecule has 0 radical (unpaired) electrons. The van der Waals surface area contributed by atoms with E-state index in [1.807, 2.05) is 0 Å². The molecule has 0 aliphatic rings. The Bertz CT molecular complexity index is 474. The van der Waals surface area contributed by atoms with Gasteiger partial charge in [0.05, 0.1) is 12.8 Å². The van der Waals surface area contributed by atoms with Gasteiger partial charge in [-0.2, -0.15) is 0 Å². The Hall–Kier alpha value is -1.67. The van der Waals surface area contributed by atoms with Gasteiger partial charge >= 0.3 is 17.9 Å². The van der Waals surface area contributed by atoms with Gasteiger partial charge in [-0.15, -0.1) is 0 Å². The molecule has 0 amide bonds. The SMILES string of the molecule is CC(C)CCCCCCCCCCCCCCCO.O=C(O)CC(O)(CC(=O)O)C(=O)O. The number of aliphatic hydroxyl groups is 2. The van der Waals surface area contributed by atoms with Crippen molar-refractivity contribution in [3.63, 3.8) is 0 Å². The smallest absolute Gasteiger partial charge is 0.336 e. The minimum atomic E-state index is -2.74. The topological polar surface area (TPSA) is 152 Å². The lowest BCUT2D eigenvalue weighted by Crippen LogP contribution is -2.42. The summed E-state index contributed by atoms with van der Waals surface area (Å²) in [5, 5.41) is 42.5. The Labute approximate surface area is 193 Å². The molecule has 5 N–H and O–H groups in total. The maximum Gasteiger partial charge on any atom is 0.336 e. The molecule has 0 saturated heterocycles. The van der Waals surface area contributed by atoms with Crippen molar-refractivity contribution < 1.29 is 39.9 Å². The second kappa shape index (κ2) is 21.2. The molecule has 0 rings (SSSR count). The first-order chi connectivity index (χ1) is 15.0. The molecule has 0 aromatic heterocycles. The van der Waals surface area contributed by atoms with Crippen LogP contribution in [0.4, 0.5) is 0 Å². The summed E-state index contributed by atoms with van der Waals surface area (Å²) in [6.45, 7) is 5.02. The van der Waals surface area contributed by atoms with Gasteiger partial charge in [0.25, 0.3) is 0 Å². The molecule has 0 fully saturated rings. The lowest BCUT2D eigenvalue weighted by atomic mass is 9.96. The molecule has 0 heterocycles. The fourth-order valence-electron chi connectivity index (χ4n) is 3.32. The van der Waals surface area contributed by atoms with Gasteiger partial charge in [0.15, 0.2) is 5.60 Å². The highest BCUT2D eigenvalue weighted by Crippen LogP contribution is 2.16. The quantitative estimate of drug-likeness (QED) is 0.161. The molecule has 190 valence electrons. The van der Waals surface area contributed by atoms with Crippen molar-refractivity contribution in [1.29, 1.82) is 0 Å². The van der Waals surface area contributed by atoms with Gasteiger partial charge in [-0.25, -0.2) is 4.79 Å². The molecule has 0 saturated carbocycles. The predicted molar refractivity (Wildman–Crippen MR) is 124 cm³/mol. The number of hydrogen-bond donors (Lipinski definition) is 5. The molecule has 0 aromatic rings. The van der Waals surface area contributed by atoms with Crippen LogP contribution in [0.25, 0.3) is 0 Å². The minimum absolute atomic E-state index is 0.372. The first-order valence-corrected chi connectivity index (χ1v) is 12.1. The second-order valence-corrected chi connectivity index (χ2v) is 8.98. The summed E-state index contributed by atoms with van der Waals surface area (Å²) in [5.41, 5.74) is -2.74. The van der Waals surface area contributed by atoms with E-state index in [2.05, 4.69) is 13.8 Å². The number of hydrogen-bond acceptors (Lipinski definition) is 5. The molecule has 32 heavy (non-hydrogen) atoms. The number of carboxylic acids is 3. The highest BCUT2D eigenvalue weighted by atomic mass is 16.4. The summed E-state index contributed by atoms with van der Waals surface area (Å²) < 4.78 is 0. The second-order valence-electron chi connectivity index (χ2n) is 8.98.